The molecule has 2 heterocycles. The highest BCUT2D eigenvalue weighted by molar-refractivity contribution is 5.33. The SMILES string of the molecule is Cc1ccc(C2CN(Cc3ccccc3)CC2CN2CCC(c3ccccc3)CC2)cc1C. The van der Waals surface area contributed by atoms with Gasteiger partial charge in [0.15, 0.2) is 0 Å². The number of aryl methyl sites for hydroxylation is 2. The van der Waals surface area contributed by atoms with E-state index in [4.69, 9.17) is 0 Å². The van der Waals surface area contributed by atoms with Gasteiger partial charge in [0.1, 0.15) is 0 Å². The van der Waals surface area contributed by atoms with E-state index < -0.39 is 0 Å². The highest BCUT2D eigenvalue weighted by atomic mass is 15.2. The van der Waals surface area contributed by atoms with Crippen LogP contribution in [0.5, 0.6) is 0 Å². The molecule has 2 aliphatic rings. The fourth-order valence-electron chi connectivity index (χ4n) is 5.99. The Morgan fingerprint density at radius 3 is 2.09 bits per heavy atom. The molecule has 2 aliphatic heterocycles. The summed E-state index contributed by atoms with van der Waals surface area (Å²) in [5.41, 5.74) is 7.33. The zero-order chi connectivity index (χ0) is 22.6. The standard InChI is InChI=1S/C31H38N2/c1-24-13-14-29(19-25(24)2)31-23-33(20-26-9-5-3-6-10-26)22-30(31)21-32-17-15-28(16-18-32)27-11-7-4-8-12-27/h3-14,19,28,30-31H,15-18,20-23H2,1-2H3. The van der Waals surface area contributed by atoms with Crippen molar-refractivity contribution in [2.24, 2.45) is 5.92 Å². The third-order valence-corrected chi connectivity index (χ3v) is 8.08. The third-order valence-electron chi connectivity index (χ3n) is 8.08. The molecule has 0 spiro atoms. The number of nitrogens with zero attached hydrogens (tertiary/aromatic N) is 2. The van der Waals surface area contributed by atoms with Crippen LogP contribution in [0.3, 0.4) is 0 Å². The van der Waals surface area contributed by atoms with Gasteiger partial charge in [-0.3, -0.25) is 4.90 Å². The molecule has 172 valence electrons. The van der Waals surface area contributed by atoms with Crippen LogP contribution in [0.15, 0.2) is 78.9 Å². The van der Waals surface area contributed by atoms with E-state index in [1.54, 1.807) is 0 Å². The summed E-state index contributed by atoms with van der Waals surface area (Å²) in [5, 5.41) is 0. The van der Waals surface area contributed by atoms with Gasteiger partial charge in [-0.25, -0.2) is 0 Å². The molecule has 0 N–H and O–H groups in total. The average Bonchev–Trinajstić information content (AvgIpc) is 3.24. The van der Waals surface area contributed by atoms with E-state index in [1.807, 2.05) is 0 Å². The predicted molar refractivity (Wildman–Crippen MR) is 139 cm³/mol. The zero-order valence-electron chi connectivity index (χ0n) is 20.3. The molecule has 2 atom stereocenters. The van der Waals surface area contributed by atoms with E-state index >= 15 is 0 Å². The van der Waals surface area contributed by atoms with Gasteiger partial charge in [0.05, 0.1) is 0 Å². The van der Waals surface area contributed by atoms with Gasteiger partial charge in [0, 0.05) is 32.1 Å². The van der Waals surface area contributed by atoms with Gasteiger partial charge in [-0.15, -0.1) is 0 Å². The maximum atomic E-state index is 2.75. The highest BCUT2D eigenvalue weighted by Gasteiger charge is 2.35. The predicted octanol–water partition coefficient (Wildman–Crippen LogP) is 6.40. The first-order valence-corrected chi connectivity index (χ1v) is 12.8. The van der Waals surface area contributed by atoms with Crippen molar-refractivity contribution in [2.45, 2.75) is 45.1 Å². The molecule has 0 amide bonds. The van der Waals surface area contributed by atoms with Crippen LogP contribution in [0, 0.1) is 19.8 Å². The largest absolute Gasteiger partial charge is 0.303 e. The van der Waals surface area contributed by atoms with Gasteiger partial charge < -0.3 is 4.90 Å². The Labute approximate surface area is 200 Å². The van der Waals surface area contributed by atoms with Crippen molar-refractivity contribution in [3.05, 3.63) is 107 Å². The van der Waals surface area contributed by atoms with Crippen molar-refractivity contribution in [2.75, 3.05) is 32.7 Å². The molecule has 2 saturated heterocycles. The Kier molecular flexibility index (Phi) is 6.94. The number of benzene rings is 3. The first kappa shape index (κ1) is 22.4. The fraction of sp³-hybridized carbons (Fsp3) is 0.419. The van der Waals surface area contributed by atoms with Crippen LogP contribution in [0.25, 0.3) is 0 Å². The Hall–Kier alpha value is -2.42. The summed E-state index contributed by atoms with van der Waals surface area (Å²) in [6.45, 7) is 11.6. The zero-order valence-corrected chi connectivity index (χ0v) is 20.3. The Balaban J connectivity index is 1.27. The first-order chi connectivity index (χ1) is 16.2. The molecule has 2 fully saturated rings. The van der Waals surface area contributed by atoms with E-state index in [0.29, 0.717) is 11.8 Å². The van der Waals surface area contributed by atoms with E-state index in [9.17, 15) is 0 Å². The fourth-order valence-corrected chi connectivity index (χ4v) is 5.99. The minimum atomic E-state index is 0.625. The van der Waals surface area contributed by atoms with Crippen molar-refractivity contribution < 1.29 is 0 Å². The van der Waals surface area contributed by atoms with Crippen LogP contribution in [0.2, 0.25) is 0 Å². The van der Waals surface area contributed by atoms with Gasteiger partial charge in [-0.05, 0) is 79.4 Å². The van der Waals surface area contributed by atoms with E-state index in [-0.39, 0.29) is 0 Å². The smallest absolute Gasteiger partial charge is 0.0234 e. The quantitative estimate of drug-likeness (QED) is 0.439. The second kappa shape index (κ2) is 10.2. The van der Waals surface area contributed by atoms with Crippen molar-refractivity contribution >= 4 is 0 Å². The molecule has 3 aromatic carbocycles. The Morgan fingerprint density at radius 1 is 0.697 bits per heavy atom. The lowest BCUT2D eigenvalue weighted by Gasteiger charge is -2.35. The third kappa shape index (κ3) is 5.39. The molecule has 0 bridgehead atoms. The molecule has 3 aromatic rings. The van der Waals surface area contributed by atoms with Crippen LogP contribution in [0.1, 0.15) is 52.5 Å². The molecule has 2 unspecified atom stereocenters. The maximum absolute atomic E-state index is 2.75. The summed E-state index contributed by atoms with van der Waals surface area (Å²) in [4.78, 5) is 5.45. The number of hydrogen-bond donors (Lipinski definition) is 0. The van der Waals surface area contributed by atoms with Crippen molar-refractivity contribution in [1.82, 2.24) is 9.80 Å². The van der Waals surface area contributed by atoms with Gasteiger partial charge in [-0.2, -0.15) is 0 Å². The summed E-state index contributed by atoms with van der Waals surface area (Å²) in [7, 11) is 0. The molecule has 0 aliphatic carbocycles. The second-order valence-electron chi connectivity index (χ2n) is 10.4. The molecule has 33 heavy (non-hydrogen) atoms. The summed E-state index contributed by atoms with van der Waals surface area (Å²) >= 11 is 0. The second-order valence-corrected chi connectivity index (χ2v) is 10.4. The monoisotopic (exact) mass is 438 g/mol. The van der Waals surface area contributed by atoms with Gasteiger partial charge in [0.2, 0.25) is 0 Å². The molecule has 0 saturated carbocycles. The number of hydrogen-bond acceptors (Lipinski definition) is 2. The summed E-state index contributed by atoms with van der Waals surface area (Å²) < 4.78 is 0. The van der Waals surface area contributed by atoms with Crippen LogP contribution < -0.4 is 0 Å². The van der Waals surface area contributed by atoms with Gasteiger partial charge in [0.25, 0.3) is 0 Å². The first-order valence-electron chi connectivity index (χ1n) is 12.8. The number of piperidine rings is 1. The number of rotatable bonds is 6. The molecule has 0 radical (unpaired) electrons. The normalized spacial score (nSPS) is 22.6. The number of likely N-dealkylation sites (tertiary alicyclic amines) is 2. The van der Waals surface area contributed by atoms with E-state index in [2.05, 4.69) is 103 Å². The lowest BCUT2D eigenvalue weighted by Crippen LogP contribution is -2.38. The lowest BCUT2D eigenvalue weighted by atomic mass is 9.85. The average molecular weight is 439 g/mol. The minimum Gasteiger partial charge on any atom is -0.303 e. The van der Waals surface area contributed by atoms with Crippen LogP contribution in [0.4, 0.5) is 0 Å². The summed E-state index contributed by atoms with van der Waals surface area (Å²) in [6, 6.07) is 29.3. The Bertz CT molecular complexity index is 1020. The molecule has 2 nitrogen and oxygen atoms in total. The summed E-state index contributed by atoms with van der Waals surface area (Å²) in [6.07, 6.45) is 2.58. The molecule has 2 heteroatoms. The molecular weight excluding hydrogens is 400 g/mol. The highest BCUT2D eigenvalue weighted by Crippen LogP contribution is 2.36. The molecule has 0 aromatic heterocycles. The van der Waals surface area contributed by atoms with Crippen LogP contribution in [-0.2, 0) is 6.54 Å². The molecular formula is C31H38N2. The topological polar surface area (TPSA) is 6.48 Å². The van der Waals surface area contributed by atoms with Crippen LogP contribution >= 0.6 is 0 Å². The van der Waals surface area contributed by atoms with Crippen molar-refractivity contribution in [1.29, 1.82) is 0 Å². The van der Waals surface area contributed by atoms with E-state index in [0.717, 1.165) is 12.5 Å². The molecule has 5 rings (SSSR count). The van der Waals surface area contributed by atoms with E-state index in [1.165, 1.54) is 73.4 Å². The van der Waals surface area contributed by atoms with Crippen LogP contribution in [-0.4, -0.2) is 42.5 Å². The minimum absolute atomic E-state index is 0.625. The van der Waals surface area contributed by atoms with Gasteiger partial charge in [-0.1, -0.05) is 78.9 Å². The maximum Gasteiger partial charge on any atom is 0.0234 e. The lowest BCUT2D eigenvalue weighted by molar-refractivity contribution is 0.177. The Morgan fingerprint density at radius 2 is 1.39 bits per heavy atom. The van der Waals surface area contributed by atoms with Crippen molar-refractivity contribution in [3.8, 4) is 0 Å². The van der Waals surface area contributed by atoms with Gasteiger partial charge >= 0.3 is 0 Å². The van der Waals surface area contributed by atoms with Crippen molar-refractivity contribution in [3.63, 3.8) is 0 Å². The summed E-state index contributed by atoms with van der Waals surface area (Å²) in [5.74, 6) is 2.06.